The topological polar surface area (TPSA) is 98.3 Å². The van der Waals surface area contributed by atoms with Gasteiger partial charge in [0.25, 0.3) is 0 Å². The third-order valence-corrected chi connectivity index (χ3v) is 8.35. The van der Waals surface area contributed by atoms with Crippen LogP contribution in [0.4, 0.5) is 5.95 Å². The number of nitrogens with one attached hydrogen (secondary N) is 1. The van der Waals surface area contributed by atoms with Crippen LogP contribution in [-0.2, 0) is 4.79 Å². The van der Waals surface area contributed by atoms with Crippen molar-refractivity contribution in [3.05, 3.63) is 53.7 Å². The molecule has 184 valence electrons. The lowest BCUT2D eigenvalue weighted by molar-refractivity contribution is -0.113. The molecule has 0 bridgehead atoms. The monoisotopic (exact) mass is 484 g/mol. The summed E-state index contributed by atoms with van der Waals surface area (Å²) in [6.07, 6.45) is 5.96. The van der Waals surface area contributed by atoms with Crippen LogP contribution in [0.5, 0.6) is 5.75 Å². The van der Waals surface area contributed by atoms with Crippen molar-refractivity contribution < 1.29 is 14.1 Å². The van der Waals surface area contributed by atoms with Gasteiger partial charge in [0, 0.05) is 36.3 Å². The van der Waals surface area contributed by atoms with E-state index in [1.807, 2.05) is 38.2 Å². The lowest BCUT2D eigenvalue weighted by Crippen LogP contribution is -2.66. The molecule has 2 aliphatic heterocycles. The number of rotatable bonds is 6. The van der Waals surface area contributed by atoms with Crippen molar-refractivity contribution in [1.82, 2.24) is 25.0 Å². The number of hydrogen-bond acceptors (Lipinski definition) is 7. The number of hydrogen-bond donors (Lipinski definition) is 1. The Morgan fingerprint density at radius 1 is 1.17 bits per heavy atom. The highest BCUT2D eigenvalue weighted by Crippen LogP contribution is 2.48. The molecule has 1 saturated heterocycles. The van der Waals surface area contributed by atoms with E-state index in [0.717, 1.165) is 83.3 Å². The van der Waals surface area contributed by atoms with Gasteiger partial charge in [0.15, 0.2) is 5.75 Å². The van der Waals surface area contributed by atoms with E-state index in [9.17, 15) is 4.79 Å². The number of carbonyl (C=O) groups excluding carboxylic acids is 1. The molecule has 1 N–H and O–H groups in total. The summed E-state index contributed by atoms with van der Waals surface area (Å²) in [4.78, 5) is 23.4. The molecule has 9 heteroatoms. The van der Waals surface area contributed by atoms with Gasteiger partial charge in [-0.3, -0.25) is 14.3 Å². The Hall–Kier alpha value is -3.88. The van der Waals surface area contributed by atoms with Crippen LogP contribution < -0.4 is 15.0 Å². The Balaban J connectivity index is 1.36. The average molecular weight is 485 g/mol. The molecule has 1 saturated carbocycles. The standard InChI is InChI=1S/C27H28N6O3/c1-16-23(17(2)36-31-16)19-7-8-21-24-25(19)35-14-22(20-6-3-4-11-28-20)33(24)26(30-21)32-12-18(13-32)27(29-15-34)9-5-10-27/h3-4,6-8,11,15,18,22H,5,9-10,12-14H2,1-2H3,(H,29,34)/t22-/m1/s1. The van der Waals surface area contributed by atoms with Crippen molar-refractivity contribution in [1.29, 1.82) is 0 Å². The maximum atomic E-state index is 11.3. The fraction of sp³-hybridized carbons (Fsp3) is 0.407. The van der Waals surface area contributed by atoms with Crippen molar-refractivity contribution in [2.45, 2.75) is 44.7 Å². The van der Waals surface area contributed by atoms with Gasteiger partial charge >= 0.3 is 0 Å². The maximum absolute atomic E-state index is 11.3. The molecule has 9 nitrogen and oxygen atoms in total. The average Bonchev–Trinajstić information content (AvgIpc) is 3.38. The Morgan fingerprint density at radius 2 is 2.03 bits per heavy atom. The number of pyridine rings is 1. The highest BCUT2D eigenvalue weighted by molar-refractivity contribution is 5.94. The van der Waals surface area contributed by atoms with E-state index < -0.39 is 0 Å². The molecule has 7 rings (SSSR count). The summed E-state index contributed by atoms with van der Waals surface area (Å²) >= 11 is 0. The first-order chi connectivity index (χ1) is 17.6. The minimum absolute atomic E-state index is 0.0582. The molecule has 1 aromatic carbocycles. The van der Waals surface area contributed by atoms with E-state index in [-0.39, 0.29) is 11.6 Å². The van der Waals surface area contributed by atoms with Gasteiger partial charge in [-0.15, -0.1) is 0 Å². The molecule has 0 unspecified atom stereocenters. The summed E-state index contributed by atoms with van der Waals surface area (Å²) in [5, 5.41) is 7.30. The molecule has 4 aromatic rings. The molecule has 2 fully saturated rings. The molecule has 3 aromatic heterocycles. The van der Waals surface area contributed by atoms with E-state index >= 15 is 0 Å². The second-order valence-electron chi connectivity index (χ2n) is 10.2. The normalized spacial score (nSPS) is 20.5. The van der Waals surface area contributed by atoms with Crippen molar-refractivity contribution >= 4 is 23.4 Å². The summed E-state index contributed by atoms with van der Waals surface area (Å²) in [5.74, 6) is 2.93. The van der Waals surface area contributed by atoms with E-state index in [4.69, 9.17) is 14.2 Å². The predicted octanol–water partition coefficient (Wildman–Crippen LogP) is 3.79. The van der Waals surface area contributed by atoms with Gasteiger partial charge in [-0.1, -0.05) is 11.2 Å². The summed E-state index contributed by atoms with van der Waals surface area (Å²) in [7, 11) is 0. The quantitative estimate of drug-likeness (QED) is 0.416. The van der Waals surface area contributed by atoms with Crippen molar-refractivity contribution in [3.8, 4) is 16.9 Å². The number of aryl methyl sites for hydroxylation is 2. The van der Waals surface area contributed by atoms with Gasteiger partial charge in [-0.05, 0) is 57.4 Å². The molecule has 0 radical (unpaired) electrons. The first-order valence-corrected chi connectivity index (χ1v) is 12.6. The van der Waals surface area contributed by atoms with E-state index in [0.29, 0.717) is 12.5 Å². The largest absolute Gasteiger partial charge is 0.488 e. The molecule has 36 heavy (non-hydrogen) atoms. The Kier molecular flexibility index (Phi) is 4.64. The van der Waals surface area contributed by atoms with Crippen LogP contribution in [0.1, 0.15) is 42.5 Å². The molecule has 3 aliphatic rings. The molecule has 1 amide bonds. The van der Waals surface area contributed by atoms with Gasteiger partial charge in [-0.2, -0.15) is 0 Å². The number of nitrogens with zero attached hydrogens (tertiary/aromatic N) is 5. The number of benzene rings is 1. The lowest BCUT2D eigenvalue weighted by Gasteiger charge is -2.55. The predicted molar refractivity (Wildman–Crippen MR) is 134 cm³/mol. The van der Waals surface area contributed by atoms with Gasteiger partial charge in [0.2, 0.25) is 12.4 Å². The SMILES string of the molecule is Cc1noc(C)c1-c1ccc2nc(N3CC(C4(NC=O)CCC4)C3)n3c2c1OC[C@@H]3c1ccccn1. The fourth-order valence-electron chi connectivity index (χ4n) is 6.24. The number of ether oxygens (including phenoxy) is 1. The summed E-state index contributed by atoms with van der Waals surface area (Å²) in [6.45, 7) is 6.07. The molecule has 5 heterocycles. The van der Waals surface area contributed by atoms with Crippen LogP contribution in [0.15, 0.2) is 41.1 Å². The van der Waals surface area contributed by atoms with E-state index in [2.05, 4.69) is 37.1 Å². The molecular weight excluding hydrogens is 456 g/mol. The van der Waals surface area contributed by atoms with Crippen molar-refractivity contribution in [2.24, 2.45) is 5.92 Å². The van der Waals surface area contributed by atoms with Crippen LogP contribution in [0.3, 0.4) is 0 Å². The number of carbonyl (C=O) groups is 1. The van der Waals surface area contributed by atoms with Crippen molar-refractivity contribution in [3.63, 3.8) is 0 Å². The number of aromatic nitrogens is 4. The minimum atomic E-state index is -0.0940. The molecule has 0 spiro atoms. The highest BCUT2D eigenvalue weighted by atomic mass is 16.5. The number of anilines is 1. The Bertz CT molecular complexity index is 1450. The fourth-order valence-corrected chi connectivity index (χ4v) is 6.24. The van der Waals surface area contributed by atoms with Crippen LogP contribution in [0.25, 0.3) is 22.2 Å². The molecular formula is C27H28N6O3. The second-order valence-corrected chi connectivity index (χ2v) is 10.2. The summed E-state index contributed by atoms with van der Waals surface area (Å²) < 4.78 is 14.2. The second kappa shape index (κ2) is 7.81. The summed E-state index contributed by atoms with van der Waals surface area (Å²) in [5.41, 5.74) is 5.52. The third-order valence-electron chi connectivity index (χ3n) is 8.35. The van der Waals surface area contributed by atoms with Crippen LogP contribution in [0.2, 0.25) is 0 Å². The van der Waals surface area contributed by atoms with Gasteiger partial charge in [0.1, 0.15) is 23.9 Å². The van der Waals surface area contributed by atoms with Crippen molar-refractivity contribution in [2.75, 3.05) is 24.6 Å². The Morgan fingerprint density at radius 3 is 2.69 bits per heavy atom. The number of amides is 1. The molecule has 1 atom stereocenters. The zero-order valence-corrected chi connectivity index (χ0v) is 20.4. The smallest absolute Gasteiger partial charge is 0.207 e. The van der Waals surface area contributed by atoms with E-state index in [1.54, 1.807) is 0 Å². The first kappa shape index (κ1) is 21.4. The first-order valence-electron chi connectivity index (χ1n) is 12.6. The third kappa shape index (κ3) is 2.95. The van der Waals surface area contributed by atoms with Gasteiger partial charge in [0.05, 0.1) is 22.5 Å². The lowest BCUT2D eigenvalue weighted by atomic mass is 9.65. The van der Waals surface area contributed by atoms with Crippen LogP contribution >= 0.6 is 0 Å². The molecule has 1 aliphatic carbocycles. The Labute approximate surface area is 208 Å². The van der Waals surface area contributed by atoms with Gasteiger partial charge < -0.3 is 19.5 Å². The van der Waals surface area contributed by atoms with Crippen LogP contribution in [0, 0.1) is 19.8 Å². The zero-order valence-electron chi connectivity index (χ0n) is 20.4. The maximum Gasteiger partial charge on any atom is 0.207 e. The summed E-state index contributed by atoms with van der Waals surface area (Å²) in [6, 6.07) is 10.0. The minimum Gasteiger partial charge on any atom is -0.488 e. The number of imidazole rings is 1. The van der Waals surface area contributed by atoms with E-state index in [1.165, 1.54) is 6.42 Å². The zero-order chi connectivity index (χ0) is 24.4. The van der Waals surface area contributed by atoms with Crippen LogP contribution in [-0.4, -0.2) is 51.3 Å². The highest BCUT2D eigenvalue weighted by Gasteiger charge is 2.50. The van der Waals surface area contributed by atoms with Gasteiger partial charge in [-0.25, -0.2) is 4.98 Å².